The highest BCUT2D eigenvalue weighted by molar-refractivity contribution is 5.87. The molecule has 2 aliphatic carbocycles. The summed E-state index contributed by atoms with van der Waals surface area (Å²) in [6.45, 7) is 1.19. The minimum absolute atomic E-state index is 0.104. The smallest absolute Gasteiger partial charge is 0.407 e. The third-order valence-corrected chi connectivity index (χ3v) is 11.5. The molecule has 16 heteroatoms. The Morgan fingerprint density at radius 1 is 0.661 bits per heavy atom. The first-order valence-electron chi connectivity index (χ1n) is 19.3. The lowest BCUT2D eigenvalue weighted by atomic mass is 10.1. The molecule has 16 nitrogen and oxygen atoms in total. The van der Waals surface area contributed by atoms with Crippen molar-refractivity contribution in [3.63, 3.8) is 0 Å². The third kappa shape index (κ3) is 6.88. The number of imidazole rings is 2. The molecule has 2 saturated heterocycles. The summed E-state index contributed by atoms with van der Waals surface area (Å²) in [5.41, 5.74) is 3.25. The lowest BCUT2D eigenvalue weighted by Crippen LogP contribution is -2.49. The monoisotopic (exact) mass is 764 g/mol. The number of amides is 4. The second kappa shape index (κ2) is 14.5. The Bertz CT molecular complexity index is 2020. The maximum atomic E-state index is 13.6. The molecule has 0 radical (unpaired) electrons. The van der Waals surface area contributed by atoms with E-state index >= 15 is 0 Å². The van der Waals surface area contributed by atoms with Crippen LogP contribution in [0.4, 0.5) is 9.59 Å². The Morgan fingerprint density at radius 3 is 1.48 bits per heavy atom. The normalized spacial score (nSPS) is 20.9. The highest BCUT2D eigenvalue weighted by Gasteiger charge is 2.44. The van der Waals surface area contributed by atoms with Crippen LogP contribution < -0.4 is 20.1 Å². The van der Waals surface area contributed by atoms with Crippen LogP contribution in [-0.2, 0) is 19.1 Å². The van der Waals surface area contributed by atoms with E-state index in [1.165, 1.54) is 14.2 Å². The zero-order valence-corrected chi connectivity index (χ0v) is 31.2. The first-order valence-corrected chi connectivity index (χ1v) is 19.3. The van der Waals surface area contributed by atoms with Crippen molar-refractivity contribution in [1.82, 2.24) is 40.4 Å². The van der Waals surface area contributed by atoms with Gasteiger partial charge < -0.3 is 49.3 Å². The van der Waals surface area contributed by atoms with Gasteiger partial charge in [0.15, 0.2) is 23.0 Å². The van der Waals surface area contributed by atoms with Crippen LogP contribution >= 0.6 is 0 Å². The highest BCUT2D eigenvalue weighted by atomic mass is 16.6. The predicted octanol–water partition coefficient (Wildman–Crippen LogP) is 5.96. The Hall–Kier alpha value is -6.06. The van der Waals surface area contributed by atoms with E-state index in [2.05, 4.69) is 30.6 Å². The van der Waals surface area contributed by atoms with Crippen LogP contribution in [0.1, 0.15) is 75.1 Å². The van der Waals surface area contributed by atoms with Crippen LogP contribution in [0.25, 0.3) is 22.5 Å². The quantitative estimate of drug-likeness (QED) is 0.132. The molecule has 3 aliphatic heterocycles. The summed E-state index contributed by atoms with van der Waals surface area (Å²) in [4.78, 5) is 71.1. The number of H-pyrrole nitrogens is 2. The highest BCUT2D eigenvalue weighted by Crippen LogP contribution is 2.48. The van der Waals surface area contributed by atoms with E-state index < -0.39 is 24.3 Å². The lowest BCUT2D eigenvalue weighted by molar-refractivity contribution is -0.135. The number of hydrogen-bond acceptors (Lipinski definition) is 10. The molecule has 4 aromatic rings. The number of ether oxygens (including phenoxy) is 4. The lowest BCUT2D eigenvalue weighted by Gasteiger charge is -2.28. The molecule has 0 bridgehead atoms. The number of fused-ring (bicyclic) bond motifs is 2. The standard InChI is InChI=1S/C40H44N8O8/c1-53-39(51)45-33(21-7-8-21)37(49)47-15-3-5-27(47)35-41-19-25(43-35)23-11-13-29-31(17-23)55-30-14-12-24(18-32(30)56-29)26-20-42-36(44-26)28-6-4-16-48(28)38(50)34(22-9-10-22)46-40(52)54-2/h11-14,17-22,27-28,33-34H,3-10,15-16H2,1-2H3,(H,41,43)(H,42,44)(H,45,51)(H,46,52)/t27-,28+,33-,34-/m1/s1. The zero-order valence-electron chi connectivity index (χ0n) is 31.2. The minimum Gasteiger partial charge on any atom is -0.453 e. The van der Waals surface area contributed by atoms with E-state index in [0.29, 0.717) is 47.7 Å². The van der Waals surface area contributed by atoms with Crippen molar-refractivity contribution in [2.75, 3.05) is 27.3 Å². The summed E-state index contributed by atoms with van der Waals surface area (Å²) in [5, 5.41) is 5.49. The fraction of sp³-hybridized carbons (Fsp3) is 0.450. The van der Waals surface area contributed by atoms with Gasteiger partial charge in [-0.05, 0) is 99.6 Å². The SMILES string of the molecule is COC(=O)N[C@@H](C(=O)N1CCC[C@@H]1c1ncc(-c2ccc3c(c2)Oc2ccc(-c4cnc([C@@H]5CCCN5C(=O)[C@H](NC(=O)OC)C5CC5)[nH]4)cc2O3)[nH]1)C1CC1. The summed E-state index contributed by atoms with van der Waals surface area (Å²) in [6, 6.07) is 9.71. The third-order valence-electron chi connectivity index (χ3n) is 11.5. The Morgan fingerprint density at radius 2 is 1.09 bits per heavy atom. The molecule has 5 heterocycles. The molecule has 2 aromatic carbocycles. The summed E-state index contributed by atoms with van der Waals surface area (Å²) in [6.07, 6.45) is 9.13. The van der Waals surface area contributed by atoms with Gasteiger partial charge in [0.05, 0.1) is 50.1 Å². The zero-order chi connectivity index (χ0) is 38.5. The van der Waals surface area contributed by atoms with Gasteiger partial charge in [0.2, 0.25) is 11.8 Å². The van der Waals surface area contributed by atoms with E-state index in [9.17, 15) is 19.2 Å². The molecule has 2 aromatic heterocycles. The topological polar surface area (TPSA) is 193 Å². The van der Waals surface area contributed by atoms with Gasteiger partial charge in [-0.15, -0.1) is 0 Å². The predicted molar refractivity (Wildman–Crippen MR) is 200 cm³/mol. The van der Waals surface area contributed by atoms with Crippen LogP contribution in [0.2, 0.25) is 0 Å². The Balaban J connectivity index is 0.873. The number of aromatic amines is 2. The van der Waals surface area contributed by atoms with Gasteiger partial charge in [0.1, 0.15) is 23.7 Å². The molecule has 56 heavy (non-hydrogen) atoms. The van der Waals surface area contributed by atoms with Crippen LogP contribution in [-0.4, -0.2) is 93.1 Å². The van der Waals surface area contributed by atoms with Crippen molar-refractivity contribution < 1.29 is 38.1 Å². The number of rotatable bonds is 10. The molecular formula is C40H44N8O8. The largest absolute Gasteiger partial charge is 0.453 e. The fourth-order valence-electron chi connectivity index (χ4n) is 8.20. The van der Waals surface area contributed by atoms with Crippen LogP contribution in [0.15, 0.2) is 48.8 Å². The van der Waals surface area contributed by atoms with Crippen molar-refractivity contribution >= 4 is 24.0 Å². The fourth-order valence-corrected chi connectivity index (χ4v) is 8.20. The van der Waals surface area contributed by atoms with Gasteiger partial charge in [0.25, 0.3) is 0 Å². The molecule has 4 N–H and O–H groups in total. The van der Waals surface area contributed by atoms with E-state index in [-0.39, 0.29) is 35.7 Å². The first kappa shape index (κ1) is 35.6. The van der Waals surface area contributed by atoms with Gasteiger partial charge in [-0.3, -0.25) is 9.59 Å². The van der Waals surface area contributed by atoms with E-state index in [1.54, 1.807) is 12.4 Å². The van der Waals surface area contributed by atoms with Crippen molar-refractivity contribution in [1.29, 1.82) is 0 Å². The van der Waals surface area contributed by atoms with Crippen LogP contribution in [0.3, 0.4) is 0 Å². The molecular weight excluding hydrogens is 720 g/mol. The summed E-state index contributed by atoms with van der Waals surface area (Å²) in [5.74, 6) is 3.66. The summed E-state index contributed by atoms with van der Waals surface area (Å²) < 4.78 is 22.2. The molecule has 5 aliphatic rings. The van der Waals surface area contributed by atoms with Gasteiger partial charge in [-0.1, -0.05) is 0 Å². The van der Waals surface area contributed by atoms with Crippen molar-refractivity contribution in [2.24, 2.45) is 11.8 Å². The van der Waals surface area contributed by atoms with Gasteiger partial charge >= 0.3 is 12.2 Å². The molecule has 4 atom stereocenters. The van der Waals surface area contributed by atoms with Crippen LogP contribution in [0, 0.1) is 11.8 Å². The second-order valence-electron chi connectivity index (χ2n) is 15.2. The number of carbonyl (C=O) groups is 4. The Kier molecular flexibility index (Phi) is 9.25. The van der Waals surface area contributed by atoms with E-state index in [1.807, 2.05) is 46.2 Å². The molecule has 2 saturated carbocycles. The average molecular weight is 765 g/mol. The maximum absolute atomic E-state index is 13.6. The number of hydrogen-bond donors (Lipinski definition) is 4. The van der Waals surface area contributed by atoms with Crippen molar-refractivity contribution in [3.05, 3.63) is 60.4 Å². The number of likely N-dealkylation sites (tertiary alicyclic amines) is 2. The number of aromatic nitrogens is 4. The molecule has 0 spiro atoms. The maximum Gasteiger partial charge on any atom is 0.407 e. The van der Waals surface area contributed by atoms with Crippen molar-refractivity contribution in [2.45, 2.75) is 75.5 Å². The minimum atomic E-state index is -0.602. The Labute approximate surface area is 322 Å². The number of carbonyl (C=O) groups excluding carboxylic acids is 4. The van der Waals surface area contributed by atoms with Gasteiger partial charge in [-0.25, -0.2) is 19.6 Å². The number of nitrogens with zero attached hydrogens (tertiary/aromatic N) is 4. The number of nitrogens with one attached hydrogen (secondary N) is 4. The van der Waals surface area contributed by atoms with Crippen molar-refractivity contribution in [3.8, 4) is 45.5 Å². The molecule has 4 fully saturated rings. The van der Waals surface area contributed by atoms with Gasteiger partial charge in [-0.2, -0.15) is 0 Å². The molecule has 4 amide bonds. The first-order chi connectivity index (χ1) is 27.3. The number of benzene rings is 2. The van der Waals surface area contributed by atoms with E-state index in [0.717, 1.165) is 73.9 Å². The average Bonchev–Trinajstić information content (AvgIpc) is 3.94. The number of alkyl carbamates (subject to hydrolysis) is 2. The molecule has 292 valence electrons. The molecule has 0 unspecified atom stereocenters. The van der Waals surface area contributed by atoms with E-state index in [4.69, 9.17) is 18.9 Å². The summed E-state index contributed by atoms with van der Waals surface area (Å²) >= 11 is 0. The van der Waals surface area contributed by atoms with Gasteiger partial charge in [0, 0.05) is 24.2 Å². The number of methoxy groups -OCH3 is 2. The van der Waals surface area contributed by atoms with Crippen LogP contribution in [0.5, 0.6) is 23.0 Å². The molecule has 9 rings (SSSR count). The summed E-state index contributed by atoms with van der Waals surface area (Å²) in [7, 11) is 2.60. The second-order valence-corrected chi connectivity index (χ2v) is 15.2.